The Morgan fingerprint density at radius 3 is 2.00 bits per heavy atom. The molecule has 0 bridgehead atoms. The zero-order chi connectivity index (χ0) is 19.6. The number of carbonyl (C=O) groups is 2. The van der Waals surface area contributed by atoms with Gasteiger partial charge in [-0.05, 0) is 30.7 Å². The molecule has 1 aromatic heterocycles. The molecule has 7 nitrogen and oxygen atoms in total. The SMILES string of the molecule is COc1cc(C)c(C(=O)N2CCN(C(=O)c3ccn(C)c3)CC2)cc1OC. The van der Waals surface area contributed by atoms with Gasteiger partial charge < -0.3 is 23.8 Å². The predicted octanol–water partition coefficient (Wildman–Crippen LogP) is 1.95. The Hall–Kier alpha value is -2.96. The van der Waals surface area contributed by atoms with Crippen LogP contribution in [0.1, 0.15) is 26.3 Å². The molecule has 2 amide bonds. The van der Waals surface area contributed by atoms with Crippen LogP contribution in [0.25, 0.3) is 0 Å². The number of rotatable bonds is 4. The van der Waals surface area contributed by atoms with Gasteiger partial charge in [0.15, 0.2) is 11.5 Å². The van der Waals surface area contributed by atoms with Crippen molar-refractivity contribution in [3.05, 3.63) is 47.3 Å². The molecule has 0 aliphatic carbocycles. The molecule has 0 radical (unpaired) electrons. The van der Waals surface area contributed by atoms with E-state index in [4.69, 9.17) is 9.47 Å². The van der Waals surface area contributed by atoms with Gasteiger partial charge in [0, 0.05) is 51.2 Å². The molecule has 1 aliphatic heterocycles. The van der Waals surface area contributed by atoms with E-state index < -0.39 is 0 Å². The number of methoxy groups -OCH3 is 2. The summed E-state index contributed by atoms with van der Waals surface area (Å²) in [6, 6.07) is 5.34. The third-order valence-electron chi connectivity index (χ3n) is 4.89. The molecule has 0 N–H and O–H groups in total. The number of aryl methyl sites for hydroxylation is 2. The van der Waals surface area contributed by atoms with Crippen molar-refractivity contribution < 1.29 is 19.1 Å². The quantitative estimate of drug-likeness (QED) is 0.824. The molecule has 0 atom stereocenters. The van der Waals surface area contributed by atoms with Crippen LogP contribution in [0.5, 0.6) is 11.5 Å². The summed E-state index contributed by atoms with van der Waals surface area (Å²) in [5, 5.41) is 0. The highest BCUT2D eigenvalue weighted by molar-refractivity contribution is 5.97. The summed E-state index contributed by atoms with van der Waals surface area (Å²) in [6.45, 7) is 3.93. The molecule has 1 aromatic carbocycles. The molecule has 0 unspecified atom stereocenters. The second-order valence-electron chi connectivity index (χ2n) is 6.67. The first-order chi connectivity index (χ1) is 12.9. The van der Waals surface area contributed by atoms with Crippen molar-refractivity contribution >= 4 is 11.8 Å². The van der Waals surface area contributed by atoms with Crippen molar-refractivity contribution in [3.8, 4) is 11.5 Å². The van der Waals surface area contributed by atoms with Crippen LogP contribution in [-0.2, 0) is 7.05 Å². The summed E-state index contributed by atoms with van der Waals surface area (Å²) >= 11 is 0. The monoisotopic (exact) mass is 371 g/mol. The van der Waals surface area contributed by atoms with E-state index >= 15 is 0 Å². The van der Waals surface area contributed by atoms with Crippen molar-refractivity contribution in [2.24, 2.45) is 7.05 Å². The molecule has 0 saturated carbocycles. The van der Waals surface area contributed by atoms with Gasteiger partial charge in [-0.25, -0.2) is 0 Å². The topological polar surface area (TPSA) is 64.0 Å². The smallest absolute Gasteiger partial charge is 0.255 e. The minimum atomic E-state index is -0.0553. The van der Waals surface area contributed by atoms with E-state index in [1.807, 2.05) is 37.0 Å². The van der Waals surface area contributed by atoms with E-state index in [1.54, 1.807) is 36.2 Å². The molecular formula is C20H25N3O4. The minimum absolute atomic E-state index is 0.00463. The number of carbonyl (C=O) groups excluding carboxylic acids is 2. The molecule has 1 fully saturated rings. The third kappa shape index (κ3) is 3.77. The highest BCUT2D eigenvalue weighted by Crippen LogP contribution is 2.31. The standard InChI is InChI=1S/C20H25N3O4/c1-14-11-17(26-3)18(27-4)12-16(14)20(25)23-9-7-22(8-10-23)19(24)15-5-6-21(2)13-15/h5-6,11-13H,7-10H2,1-4H3. The van der Waals surface area contributed by atoms with E-state index in [9.17, 15) is 9.59 Å². The number of piperazine rings is 1. The lowest BCUT2D eigenvalue weighted by atomic mass is 10.1. The van der Waals surface area contributed by atoms with Crippen LogP contribution in [-0.4, -0.2) is 66.6 Å². The maximum absolute atomic E-state index is 13.0. The first kappa shape index (κ1) is 18.8. The van der Waals surface area contributed by atoms with Crippen LogP contribution in [0.4, 0.5) is 0 Å². The van der Waals surface area contributed by atoms with Crippen LogP contribution in [0.3, 0.4) is 0 Å². The first-order valence-corrected chi connectivity index (χ1v) is 8.87. The van der Waals surface area contributed by atoms with Crippen LogP contribution in [0.15, 0.2) is 30.6 Å². The summed E-state index contributed by atoms with van der Waals surface area (Å²) in [5.74, 6) is 1.08. The van der Waals surface area contributed by atoms with Crippen LogP contribution >= 0.6 is 0 Å². The summed E-state index contributed by atoms with van der Waals surface area (Å²) in [6.07, 6.45) is 3.67. The number of hydrogen-bond donors (Lipinski definition) is 0. The molecule has 7 heteroatoms. The number of aromatic nitrogens is 1. The summed E-state index contributed by atoms with van der Waals surface area (Å²) in [7, 11) is 5.01. The fraction of sp³-hybridized carbons (Fsp3) is 0.400. The zero-order valence-corrected chi connectivity index (χ0v) is 16.2. The predicted molar refractivity (Wildman–Crippen MR) is 102 cm³/mol. The van der Waals surface area contributed by atoms with Gasteiger partial charge in [-0.1, -0.05) is 0 Å². The van der Waals surface area contributed by atoms with Gasteiger partial charge in [0.1, 0.15) is 0 Å². The maximum Gasteiger partial charge on any atom is 0.255 e. The fourth-order valence-electron chi connectivity index (χ4n) is 3.31. The van der Waals surface area contributed by atoms with E-state index in [-0.39, 0.29) is 11.8 Å². The van der Waals surface area contributed by atoms with Gasteiger partial charge in [0.05, 0.1) is 19.8 Å². The van der Waals surface area contributed by atoms with Crippen LogP contribution < -0.4 is 9.47 Å². The van der Waals surface area contributed by atoms with Crippen molar-refractivity contribution in [1.82, 2.24) is 14.4 Å². The maximum atomic E-state index is 13.0. The Balaban J connectivity index is 1.69. The van der Waals surface area contributed by atoms with Crippen molar-refractivity contribution in [2.45, 2.75) is 6.92 Å². The van der Waals surface area contributed by atoms with E-state index in [1.165, 1.54) is 0 Å². The number of nitrogens with zero attached hydrogens (tertiary/aromatic N) is 3. The summed E-state index contributed by atoms with van der Waals surface area (Å²) in [4.78, 5) is 29.1. The lowest BCUT2D eigenvalue weighted by Gasteiger charge is -2.35. The molecule has 3 rings (SSSR count). The zero-order valence-electron chi connectivity index (χ0n) is 16.2. The fourth-order valence-corrected chi connectivity index (χ4v) is 3.31. The first-order valence-electron chi connectivity index (χ1n) is 8.87. The van der Waals surface area contributed by atoms with E-state index in [0.717, 1.165) is 5.56 Å². The van der Waals surface area contributed by atoms with Gasteiger partial charge >= 0.3 is 0 Å². The lowest BCUT2D eigenvalue weighted by Crippen LogP contribution is -2.50. The third-order valence-corrected chi connectivity index (χ3v) is 4.89. The number of hydrogen-bond acceptors (Lipinski definition) is 4. The van der Waals surface area contributed by atoms with Crippen molar-refractivity contribution in [3.63, 3.8) is 0 Å². The van der Waals surface area contributed by atoms with Gasteiger partial charge in [0.25, 0.3) is 11.8 Å². The summed E-state index contributed by atoms with van der Waals surface area (Å²) in [5.41, 5.74) is 2.10. The van der Waals surface area contributed by atoms with Gasteiger partial charge in [-0.3, -0.25) is 9.59 Å². The molecule has 2 heterocycles. The molecule has 2 aromatic rings. The van der Waals surface area contributed by atoms with E-state index in [2.05, 4.69) is 0 Å². The van der Waals surface area contributed by atoms with Gasteiger partial charge in [-0.15, -0.1) is 0 Å². The normalized spacial score (nSPS) is 14.2. The lowest BCUT2D eigenvalue weighted by molar-refractivity contribution is 0.0535. The second-order valence-corrected chi connectivity index (χ2v) is 6.67. The molecule has 1 aliphatic rings. The number of amides is 2. The van der Waals surface area contributed by atoms with Gasteiger partial charge in [-0.2, -0.15) is 0 Å². The summed E-state index contributed by atoms with van der Waals surface area (Å²) < 4.78 is 12.5. The largest absolute Gasteiger partial charge is 0.493 e. The number of ether oxygens (including phenoxy) is 2. The molecule has 1 saturated heterocycles. The molecular weight excluding hydrogens is 346 g/mol. The Bertz CT molecular complexity index is 851. The average Bonchev–Trinajstić information content (AvgIpc) is 3.13. The Labute approximate surface area is 159 Å². The molecule has 27 heavy (non-hydrogen) atoms. The molecule has 144 valence electrons. The molecule has 0 spiro atoms. The van der Waals surface area contributed by atoms with Crippen LogP contribution in [0, 0.1) is 6.92 Å². The van der Waals surface area contributed by atoms with Crippen LogP contribution in [0.2, 0.25) is 0 Å². The van der Waals surface area contributed by atoms with Crippen molar-refractivity contribution in [2.75, 3.05) is 40.4 Å². The van der Waals surface area contributed by atoms with E-state index in [0.29, 0.717) is 48.8 Å². The minimum Gasteiger partial charge on any atom is -0.493 e. The highest BCUT2D eigenvalue weighted by Gasteiger charge is 2.27. The van der Waals surface area contributed by atoms with Gasteiger partial charge in [0.2, 0.25) is 0 Å². The average molecular weight is 371 g/mol. The van der Waals surface area contributed by atoms with Crippen molar-refractivity contribution in [1.29, 1.82) is 0 Å². The Morgan fingerprint density at radius 2 is 1.48 bits per heavy atom. The highest BCUT2D eigenvalue weighted by atomic mass is 16.5. The second kappa shape index (κ2) is 7.73. The Kier molecular flexibility index (Phi) is 5.39. The Morgan fingerprint density at radius 1 is 0.926 bits per heavy atom. The number of benzene rings is 1.